The van der Waals surface area contributed by atoms with Crippen LogP contribution >= 0.6 is 15.9 Å². The molecule has 4 heteroatoms. The van der Waals surface area contributed by atoms with E-state index < -0.39 is 5.97 Å². The van der Waals surface area contributed by atoms with Gasteiger partial charge < -0.3 is 4.74 Å². The van der Waals surface area contributed by atoms with Crippen molar-refractivity contribution in [2.24, 2.45) is 0 Å². The second-order valence-corrected chi connectivity index (χ2v) is 3.94. The molecular weight excluding hydrogens is 270 g/mol. The number of hydrogen-bond donors (Lipinski definition) is 0. The molecule has 0 aliphatic carbocycles. The van der Waals surface area contributed by atoms with E-state index in [1.54, 1.807) is 13.0 Å². The minimum Gasteiger partial charge on any atom is -0.462 e. The molecule has 0 bridgehead atoms. The van der Waals surface area contributed by atoms with E-state index in [1.165, 1.54) is 0 Å². The van der Waals surface area contributed by atoms with Crippen LogP contribution in [0.3, 0.4) is 0 Å². The first-order valence-corrected chi connectivity index (χ1v) is 5.83. The fourth-order valence-corrected chi connectivity index (χ4v) is 2.18. The molecule has 0 aliphatic rings. The van der Waals surface area contributed by atoms with E-state index in [0.717, 1.165) is 12.0 Å². The molecule has 0 spiro atoms. The van der Waals surface area contributed by atoms with Crippen LogP contribution in [0.4, 0.5) is 0 Å². The molecule has 0 radical (unpaired) electrons. The van der Waals surface area contributed by atoms with Crippen molar-refractivity contribution in [3.63, 3.8) is 0 Å². The van der Waals surface area contributed by atoms with Crippen molar-refractivity contribution in [1.29, 1.82) is 5.26 Å². The van der Waals surface area contributed by atoms with Gasteiger partial charge >= 0.3 is 5.97 Å². The molecular formula is C12H12BrNO2. The Hall–Kier alpha value is -1.34. The standard InChI is InChI=1S/C12H12BrNO2/c1-3-8-5-6-9(7-14)10(11(8)13)12(15)16-4-2/h5-6H,3-4H2,1-2H3. The summed E-state index contributed by atoms with van der Waals surface area (Å²) in [5.41, 5.74) is 1.65. The fourth-order valence-electron chi connectivity index (χ4n) is 1.39. The number of nitriles is 1. The molecule has 0 unspecified atom stereocenters. The number of carbonyl (C=O) groups excluding carboxylic acids is 1. The quantitative estimate of drug-likeness (QED) is 0.800. The van der Waals surface area contributed by atoms with Gasteiger partial charge in [-0.1, -0.05) is 13.0 Å². The lowest BCUT2D eigenvalue weighted by atomic mass is 10.0. The Morgan fingerprint density at radius 1 is 1.50 bits per heavy atom. The number of halogens is 1. The highest BCUT2D eigenvalue weighted by Crippen LogP contribution is 2.26. The minimum atomic E-state index is -0.457. The fraction of sp³-hybridized carbons (Fsp3) is 0.333. The Morgan fingerprint density at radius 3 is 2.69 bits per heavy atom. The van der Waals surface area contributed by atoms with E-state index in [9.17, 15) is 4.79 Å². The van der Waals surface area contributed by atoms with E-state index in [1.807, 2.05) is 19.1 Å². The number of nitrogens with zero attached hydrogens (tertiary/aromatic N) is 1. The lowest BCUT2D eigenvalue weighted by molar-refractivity contribution is 0.0525. The summed E-state index contributed by atoms with van der Waals surface area (Å²) in [6, 6.07) is 5.48. The van der Waals surface area contributed by atoms with Crippen LogP contribution < -0.4 is 0 Å². The third-order valence-electron chi connectivity index (χ3n) is 2.20. The first-order valence-electron chi connectivity index (χ1n) is 5.04. The largest absolute Gasteiger partial charge is 0.462 e. The molecule has 0 aliphatic heterocycles. The van der Waals surface area contributed by atoms with Crippen molar-refractivity contribution in [2.75, 3.05) is 6.61 Å². The molecule has 1 rings (SSSR count). The molecule has 0 aromatic heterocycles. The van der Waals surface area contributed by atoms with Crippen molar-refractivity contribution in [3.8, 4) is 6.07 Å². The van der Waals surface area contributed by atoms with Gasteiger partial charge in [-0.15, -0.1) is 0 Å². The topological polar surface area (TPSA) is 50.1 Å². The summed E-state index contributed by atoms with van der Waals surface area (Å²) < 4.78 is 5.59. The number of ether oxygens (including phenoxy) is 1. The summed E-state index contributed by atoms with van der Waals surface area (Å²) in [5, 5.41) is 8.94. The maximum absolute atomic E-state index is 11.7. The highest BCUT2D eigenvalue weighted by Gasteiger charge is 2.18. The number of benzene rings is 1. The molecule has 0 heterocycles. The van der Waals surface area contributed by atoms with Gasteiger partial charge in [0.05, 0.1) is 17.7 Å². The van der Waals surface area contributed by atoms with Gasteiger partial charge in [0.25, 0.3) is 0 Å². The third-order valence-corrected chi connectivity index (χ3v) is 3.11. The maximum Gasteiger partial charge on any atom is 0.340 e. The van der Waals surface area contributed by atoms with Gasteiger partial charge in [-0.25, -0.2) is 4.79 Å². The number of carbonyl (C=O) groups is 1. The lowest BCUT2D eigenvalue weighted by Crippen LogP contribution is -2.09. The molecule has 1 aromatic rings. The molecule has 3 nitrogen and oxygen atoms in total. The van der Waals surface area contributed by atoms with Crippen molar-refractivity contribution in [1.82, 2.24) is 0 Å². The van der Waals surface area contributed by atoms with Crippen LogP contribution in [0.1, 0.15) is 35.3 Å². The SMILES string of the molecule is CCOC(=O)c1c(C#N)ccc(CC)c1Br. The summed E-state index contributed by atoms with van der Waals surface area (Å²) in [6.45, 7) is 4.02. The van der Waals surface area contributed by atoms with Crippen LogP contribution in [0.15, 0.2) is 16.6 Å². The first kappa shape index (κ1) is 12.7. The van der Waals surface area contributed by atoms with Gasteiger partial charge in [0.2, 0.25) is 0 Å². The van der Waals surface area contributed by atoms with Gasteiger partial charge in [0, 0.05) is 4.47 Å². The zero-order chi connectivity index (χ0) is 12.1. The Kier molecular flexibility index (Phi) is 4.51. The summed E-state index contributed by atoms with van der Waals surface area (Å²) in [4.78, 5) is 11.7. The first-order chi connectivity index (χ1) is 7.65. The maximum atomic E-state index is 11.7. The van der Waals surface area contributed by atoms with Crippen LogP contribution in [0.25, 0.3) is 0 Å². The Morgan fingerprint density at radius 2 is 2.19 bits per heavy atom. The monoisotopic (exact) mass is 281 g/mol. The summed E-state index contributed by atoms with van der Waals surface area (Å²) >= 11 is 3.35. The summed E-state index contributed by atoms with van der Waals surface area (Å²) in [6.07, 6.45) is 0.790. The predicted molar refractivity (Wildman–Crippen MR) is 64.2 cm³/mol. The van der Waals surface area contributed by atoms with Crippen molar-refractivity contribution < 1.29 is 9.53 Å². The summed E-state index contributed by atoms with van der Waals surface area (Å²) in [5.74, 6) is -0.457. The Labute approximate surface area is 103 Å². The lowest BCUT2D eigenvalue weighted by Gasteiger charge is -2.09. The smallest absolute Gasteiger partial charge is 0.340 e. The molecule has 0 saturated carbocycles. The summed E-state index contributed by atoms with van der Waals surface area (Å²) in [7, 11) is 0. The van der Waals surface area contributed by atoms with Gasteiger partial charge in [0.15, 0.2) is 0 Å². The molecule has 0 N–H and O–H groups in total. The normalized spacial score (nSPS) is 9.62. The molecule has 16 heavy (non-hydrogen) atoms. The van der Waals surface area contributed by atoms with Crippen LogP contribution in [-0.4, -0.2) is 12.6 Å². The average Bonchev–Trinajstić information content (AvgIpc) is 2.28. The highest BCUT2D eigenvalue weighted by atomic mass is 79.9. The van der Waals surface area contributed by atoms with Crippen LogP contribution in [-0.2, 0) is 11.2 Å². The Balaban J connectivity index is 3.33. The highest BCUT2D eigenvalue weighted by molar-refractivity contribution is 9.10. The third kappa shape index (κ3) is 2.42. The van der Waals surface area contributed by atoms with E-state index in [2.05, 4.69) is 15.9 Å². The van der Waals surface area contributed by atoms with Gasteiger partial charge in [-0.2, -0.15) is 5.26 Å². The van der Waals surface area contributed by atoms with Gasteiger partial charge in [0.1, 0.15) is 6.07 Å². The molecule has 0 atom stereocenters. The second-order valence-electron chi connectivity index (χ2n) is 3.15. The molecule has 84 valence electrons. The van der Waals surface area contributed by atoms with Crippen LogP contribution in [0.5, 0.6) is 0 Å². The Bertz CT molecular complexity index is 449. The predicted octanol–water partition coefficient (Wildman–Crippen LogP) is 3.06. The van der Waals surface area contributed by atoms with E-state index >= 15 is 0 Å². The van der Waals surface area contributed by atoms with E-state index in [4.69, 9.17) is 10.00 Å². The van der Waals surface area contributed by atoms with Gasteiger partial charge in [-0.3, -0.25) is 0 Å². The number of aryl methyl sites for hydroxylation is 1. The van der Waals surface area contributed by atoms with Crippen molar-refractivity contribution >= 4 is 21.9 Å². The van der Waals surface area contributed by atoms with Crippen molar-refractivity contribution in [2.45, 2.75) is 20.3 Å². The van der Waals surface area contributed by atoms with Crippen molar-refractivity contribution in [3.05, 3.63) is 33.3 Å². The molecule has 0 fully saturated rings. The van der Waals surface area contributed by atoms with Crippen LogP contribution in [0, 0.1) is 11.3 Å². The number of esters is 1. The zero-order valence-electron chi connectivity index (χ0n) is 9.21. The molecule has 0 saturated heterocycles. The van der Waals surface area contributed by atoms with E-state index in [0.29, 0.717) is 22.2 Å². The van der Waals surface area contributed by atoms with Gasteiger partial charge in [-0.05, 0) is 40.9 Å². The zero-order valence-corrected chi connectivity index (χ0v) is 10.8. The number of hydrogen-bond acceptors (Lipinski definition) is 3. The average molecular weight is 282 g/mol. The second kappa shape index (κ2) is 5.66. The minimum absolute atomic E-state index is 0.298. The van der Waals surface area contributed by atoms with E-state index in [-0.39, 0.29) is 0 Å². The molecule has 1 aromatic carbocycles. The number of rotatable bonds is 3. The van der Waals surface area contributed by atoms with Crippen LogP contribution in [0.2, 0.25) is 0 Å². The molecule has 0 amide bonds.